The summed E-state index contributed by atoms with van der Waals surface area (Å²) >= 11 is 2.09. The highest BCUT2D eigenvalue weighted by Gasteiger charge is 2.40. The summed E-state index contributed by atoms with van der Waals surface area (Å²) in [6.45, 7) is 5.91. The Hall–Kier alpha value is -0.460. The van der Waals surface area contributed by atoms with E-state index in [2.05, 4.69) is 32.3 Å². The van der Waals surface area contributed by atoms with Gasteiger partial charge >= 0.3 is 0 Å². The molecule has 1 unspecified atom stereocenters. The summed E-state index contributed by atoms with van der Waals surface area (Å²) in [6.07, 6.45) is 11.2. The molecular formula is C20H38N4OS. The molecule has 6 heteroatoms. The number of rotatable bonds is 7. The van der Waals surface area contributed by atoms with Crippen LogP contribution in [-0.2, 0) is 4.74 Å². The van der Waals surface area contributed by atoms with Gasteiger partial charge in [-0.3, -0.25) is 9.89 Å². The third-order valence-corrected chi connectivity index (χ3v) is 7.61. The minimum Gasteiger partial charge on any atom is -0.379 e. The van der Waals surface area contributed by atoms with Gasteiger partial charge in [-0.25, -0.2) is 0 Å². The molecule has 3 aliphatic rings. The van der Waals surface area contributed by atoms with Gasteiger partial charge < -0.3 is 15.4 Å². The molecule has 1 aliphatic carbocycles. The van der Waals surface area contributed by atoms with E-state index < -0.39 is 0 Å². The Labute approximate surface area is 164 Å². The van der Waals surface area contributed by atoms with Crippen molar-refractivity contribution in [2.24, 2.45) is 10.9 Å². The van der Waals surface area contributed by atoms with Crippen LogP contribution < -0.4 is 10.6 Å². The summed E-state index contributed by atoms with van der Waals surface area (Å²) in [5, 5.41) is 7.17. The van der Waals surface area contributed by atoms with Gasteiger partial charge in [0.25, 0.3) is 0 Å². The van der Waals surface area contributed by atoms with Crippen LogP contribution in [0, 0.1) is 5.92 Å². The average molecular weight is 383 g/mol. The third-order valence-electron chi connectivity index (χ3n) is 6.38. The van der Waals surface area contributed by atoms with E-state index in [0.717, 1.165) is 51.3 Å². The Morgan fingerprint density at radius 2 is 2.00 bits per heavy atom. The maximum atomic E-state index is 5.56. The second-order valence-corrected chi connectivity index (χ2v) is 9.23. The largest absolute Gasteiger partial charge is 0.379 e. The molecule has 3 fully saturated rings. The summed E-state index contributed by atoms with van der Waals surface area (Å²) in [4.78, 5) is 7.11. The molecule has 1 atom stereocenters. The number of hydrogen-bond donors (Lipinski definition) is 2. The molecule has 0 aromatic carbocycles. The lowest BCUT2D eigenvalue weighted by atomic mass is 9.86. The molecule has 150 valence electrons. The predicted molar refractivity (Wildman–Crippen MR) is 112 cm³/mol. The summed E-state index contributed by atoms with van der Waals surface area (Å²) < 4.78 is 5.56. The van der Waals surface area contributed by atoms with E-state index >= 15 is 0 Å². The maximum absolute atomic E-state index is 5.56. The van der Waals surface area contributed by atoms with Crippen molar-refractivity contribution in [1.82, 2.24) is 15.5 Å². The number of guanidine groups is 1. The van der Waals surface area contributed by atoms with E-state index in [-0.39, 0.29) is 5.54 Å². The van der Waals surface area contributed by atoms with Gasteiger partial charge in [-0.2, -0.15) is 11.8 Å². The van der Waals surface area contributed by atoms with Crippen LogP contribution in [0.3, 0.4) is 0 Å². The van der Waals surface area contributed by atoms with Crippen molar-refractivity contribution < 1.29 is 4.74 Å². The number of thioether (sulfide) groups is 1. The fourth-order valence-corrected chi connectivity index (χ4v) is 6.15. The molecule has 2 aliphatic heterocycles. The Morgan fingerprint density at radius 1 is 1.19 bits per heavy atom. The maximum Gasteiger partial charge on any atom is 0.191 e. The normalized spacial score (nSPS) is 29.0. The average Bonchev–Trinajstić information content (AvgIpc) is 3.19. The lowest BCUT2D eigenvalue weighted by Crippen LogP contribution is -2.60. The fraction of sp³-hybridized carbons (Fsp3) is 0.950. The SMILES string of the molecule is CN=C(NCCCC1CCCCC1)NCC1(N2CCOCC2)CCSC1. The zero-order valence-corrected chi connectivity index (χ0v) is 17.4. The Bertz CT molecular complexity index is 428. The van der Waals surface area contributed by atoms with Gasteiger partial charge in [0.2, 0.25) is 0 Å². The van der Waals surface area contributed by atoms with Crippen LogP contribution in [0.25, 0.3) is 0 Å². The van der Waals surface area contributed by atoms with Crippen LogP contribution in [0.4, 0.5) is 0 Å². The van der Waals surface area contributed by atoms with Crippen molar-refractivity contribution in [1.29, 1.82) is 0 Å². The van der Waals surface area contributed by atoms with Crippen molar-refractivity contribution >= 4 is 17.7 Å². The first-order valence-corrected chi connectivity index (χ1v) is 11.8. The highest BCUT2D eigenvalue weighted by atomic mass is 32.2. The zero-order chi connectivity index (χ0) is 18.1. The molecule has 2 heterocycles. The Kier molecular flexibility index (Phi) is 8.40. The number of nitrogens with zero attached hydrogens (tertiary/aromatic N) is 2. The smallest absolute Gasteiger partial charge is 0.191 e. The van der Waals surface area contributed by atoms with E-state index in [1.807, 2.05) is 7.05 Å². The summed E-state index contributed by atoms with van der Waals surface area (Å²) in [5.41, 5.74) is 0.272. The highest BCUT2D eigenvalue weighted by Crippen LogP contribution is 2.33. The van der Waals surface area contributed by atoms with Gasteiger partial charge in [0.05, 0.1) is 13.2 Å². The van der Waals surface area contributed by atoms with Gasteiger partial charge in [0.1, 0.15) is 0 Å². The van der Waals surface area contributed by atoms with Crippen molar-refractivity contribution in [3.05, 3.63) is 0 Å². The number of nitrogens with one attached hydrogen (secondary N) is 2. The quantitative estimate of drug-likeness (QED) is 0.403. The van der Waals surface area contributed by atoms with Crippen molar-refractivity contribution in [3.8, 4) is 0 Å². The standard InChI is InChI=1S/C20H38N4OS/c1-21-19(22-10-5-8-18-6-3-2-4-7-18)23-16-20(9-15-26-17-20)24-11-13-25-14-12-24/h18H,2-17H2,1H3,(H2,21,22,23). The highest BCUT2D eigenvalue weighted by molar-refractivity contribution is 7.99. The zero-order valence-electron chi connectivity index (χ0n) is 16.6. The van der Waals surface area contributed by atoms with E-state index in [1.165, 1.54) is 62.9 Å². The second-order valence-electron chi connectivity index (χ2n) is 8.13. The number of aliphatic imine (C=N–C) groups is 1. The van der Waals surface area contributed by atoms with Gasteiger partial charge in [-0.15, -0.1) is 0 Å². The Morgan fingerprint density at radius 3 is 2.69 bits per heavy atom. The predicted octanol–water partition coefficient (Wildman–Crippen LogP) is 2.72. The number of ether oxygens (including phenoxy) is 1. The molecule has 0 bridgehead atoms. The molecule has 0 radical (unpaired) electrons. The molecule has 0 aromatic heterocycles. The molecule has 5 nitrogen and oxygen atoms in total. The monoisotopic (exact) mass is 382 g/mol. The summed E-state index contributed by atoms with van der Waals surface area (Å²) in [5.74, 6) is 4.43. The second kappa shape index (κ2) is 10.8. The van der Waals surface area contributed by atoms with Crippen molar-refractivity contribution in [3.63, 3.8) is 0 Å². The molecule has 3 rings (SSSR count). The lowest BCUT2D eigenvalue weighted by Gasteiger charge is -2.43. The first-order valence-electron chi connectivity index (χ1n) is 10.7. The van der Waals surface area contributed by atoms with Gasteiger partial charge in [0.15, 0.2) is 5.96 Å². The van der Waals surface area contributed by atoms with Gasteiger partial charge in [0, 0.05) is 44.5 Å². The van der Waals surface area contributed by atoms with Crippen LogP contribution in [0.15, 0.2) is 4.99 Å². The molecule has 0 spiro atoms. The molecular weight excluding hydrogens is 344 g/mol. The van der Waals surface area contributed by atoms with E-state index in [9.17, 15) is 0 Å². The van der Waals surface area contributed by atoms with Crippen molar-refractivity contribution in [2.45, 2.75) is 56.9 Å². The number of morpholine rings is 1. The van der Waals surface area contributed by atoms with Crippen LogP contribution in [-0.4, -0.2) is 74.3 Å². The van der Waals surface area contributed by atoms with Crippen LogP contribution in [0.5, 0.6) is 0 Å². The topological polar surface area (TPSA) is 48.9 Å². The van der Waals surface area contributed by atoms with E-state index in [0.29, 0.717) is 0 Å². The molecule has 0 amide bonds. The molecule has 0 aromatic rings. The molecule has 2 saturated heterocycles. The fourth-order valence-electron chi connectivity index (χ4n) is 4.68. The summed E-state index contributed by atoms with van der Waals surface area (Å²) in [6, 6.07) is 0. The van der Waals surface area contributed by atoms with Gasteiger partial charge in [-0.1, -0.05) is 32.1 Å². The van der Waals surface area contributed by atoms with E-state index in [1.54, 1.807) is 0 Å². The van der Waals surface area contributed by atoms with E-state index in [4.69, 9.17) is 4.74 Å². The minimum absolute atomic E-state index is 0.272. The first-order chi connectivity index (χ1) is 12.8. The Balaban J connectivity index is 1.39. The number of hydrogen-bond acceptors (Lipinski definition) is 4. The molecule has 26 heavy (non-hydrogen) atoms. The summed E-state index contributed by atoms with van der Waals surface area (Å²) in [7, 11) is 1.89. The molecule has 1 saturated carbocycles. The van der Waals surface area contributed by atoms with Crippen LogP contribution in [0.1, 0.15) is 51.4 Å². The lowest BCUT2D eigenvalue weighted by molar-refractivity contribution is -0.0120. The van der Waals surface area contributed by atoms with Gasteiger partial charge in [-0.05, 0) is 30.9 Å². The first kappa shape index (κ1) is 20.3. The minimum atomic E-state index is 0.272. The van der Waals surface area contributed by atoms with Crippen LogP contribution in [0.2, 0.25) is 0 Å². The van der Waals surface area contributed by atoms with Crippen LogP contribution >= 0.6 is 11.8 Å². The molecule has 2 N–H and O–H groups in total. The third kappa shape index (κ3) is 5.77. The van der Waals surface area contributed by atoms with Crippen molar-refractivity contribution in [2.75, 3.05) is 57.9 Å².